The average Bonchev–Trinajstić information content (AvgIpc) is 2.67. The van der Waals surface area contributed by atoms with Crippen molar-refractivity contribution in [2.45, 2.75) is 65.6 Å². The number of methoxy groups -OCH3 is 1. The fraction of sp³-hybridized carbons (Fsp3) is 0.727. The minimum Gasteiger partial charge on any atom is -0.469 e. The van der Waals surface area contributed by atoms with E-state index in [2.05, 4.69) is 4.99 Å². The molecule has 10 heteroatoms. The van der Waals surface area contributed by atoms with E-state index in [9.17, 15) is 24.0 Å². The highest BCUT2D eigenvalue weighted by Gasteiger charge is 2.68. The zero-order chi connectivity index (χ0) is 24.0. The van der Waals surface area contributed by atoms with E-state index >= 15 is 0 Å². The van der Waals surface area contributed by atoms with Gasteiger partial charge in [0.05, 0.1) is 24.8 Å². The summed E-state index contributed by atoms with van der Waals surface area (Å²) in [6.45, 7) is 6.24. The van der Waals surface area contributed by atoms with Crippen molar-refractivity contribution in [1.29, 1.82) is 0 Å². The molecule has 0 bridgehead atoms. The number of hydrogen-bond acceptors (Lipinski definition) is 8. The summed E-state index contributed by atoms with van der Waals surface area (Å²) in [5.74, 6) is -4.94. The van der Waals surface area contributed by atoms with Gasteiger partial charge in [0.15, 0.2) is 18.0 Å². The third-order valence-corrected chi connectivity index (χ3v) is 7.46. The summed E-state index contributed by atoms with van der Waals surface area (Å²) in [5, 5.41) is 0. The summed E-state index contributed by atoms with van der Waals surface area (Å²) in [5.41, 5.74) is 3.66. The number of hydrogen-bond donors (Lipinski definition) is 1. The minimum atomic E-state index is -1.19. The van der Waals surface area contributed by atoms with E-state index in [1.807, 2.05) is 6.92 Å². The van der Waals surface area contributed by atoms with Crippen molar-refractivity contribution in [3.63, 3.8) is 0 Å². The first kappa shape index (κ1) is 23.9. The molecule has 3 fully saturated rings. The highest BCUT2D eigenvalue weighted by Crippen LogP contribution is 2.64. The Morgan fingerprint density at radius 3 is 2.38 bits per heavy atom. The molecule has 1 aliphatic heterocycles. The van der Waals surface area contributed by atoms with E-state index in [1.54, 1.807) is 6.92 Å². The monoisotopic (exact) mass is 450 g/mol. The van der Waals surface area contributed by atoms with Crippen LogP contribution in [0.3, 0.4) is 0 Å². The van der Waals surface area contributed by atoms with Crippen molar-refractivity contribution in [3.8, 4) is 0 Å². The van der Waals surface area contributed by atoms with Gasteiger partial charge in [0.2, 0.25) is 0 Å². The number of aliphatic imine (C=N–C) groups is 1. The molecule has 2 saturated carbocycles. The lowest BCUT2D eigenvalue weighted by molar-refractivity contribution is -0.210. The van der Waals surface area contributed by atoms with Crippen molar-refractivity contribution in [1.82, 2.24) is 0 Å². The van der Waals surface area contributed by atoms with Crippen LogP contribution in [0.4, 0.5) is 0 Å². The average molecular weight is 450 g/mol. The van der Waals surface area contributed by atoms with Crippen molar-refractivity contribution in [2.24, 2.45) is 39.3 Å². The predicted octanol–water partition coefficient (Wildman–Crippen LogP) is 0.938. The molecule has 2 N–H and O–H groups in total. The highest BCUT2D eigenvalue weighted by molar-refractivity contribution is 5.97. The number of nitrogens with two attached hydrogens (primary N) is 1. The molecule has 0 radical (unpaired) electrons. The fourth-order valence-corrected chi connectivity index (χ4v) is 6.20. The Morgan fingerprint density at radius 1 is 1.16 bits per heavy atom. The summed E-state index contributed by atoms with van der Waals surface area (Å²) < 4.78 is 15.7. The van der Waals surface area contributed by atoms with Gasteiger partial charge in [-0.15, -0.1) is 0 Å². The summed E-state index contributed by atoms with van der Waals surface area (Å²) in [6.07, 6.45) is -1.47. The molecule has 2 aliphatic carbocycles. The first-order valence-electron chi connectivity index (χ1n) is 10.7. The normalized spacial score (nSPS) is 39.3. The molecule has 7 atom stereocenters. The lowest BCUT2D eigenvalue weighted by Gasteiger charge is -2.60. The molecule has 0 spiro atoms. The van der Waals surface area contributed by atoms with Crippen LogP contribution < -0.4 is 5.73 Å². The number of ether oxygens (including phenoxy) is 3. The number of amides is 1. The number of fused-ring (bicyclic) bond motifs is 3. The van der Waals surface area contributed by atoms with Crippen LogP contribution in [0.25, 0.3) is 0 Å². The SMILES string of the molecule is COC(=O)[C@@H]1C[C@H](OC(C)=O)C(=O)[C@H]2[C@@]1(C)CC[C@H]1C(=O)O[C@H](C(=O)N=C(C)N)C[C@]21C. The summed E-state index contributed by atoms with van der Waals surface area (Å²) in [6, 6.07) is 0. The van der Waals surface area contributed by atoms with Crippen LogP contribution in [-0.2, 0) is 38.2 Å². The molecule has 176 valence electrons. The molecule has 1 heterocycles. The van der Waals surface area contributed by atoms with Gasteiger partial charge < -0.3 is 19.9 Å². The predicted molar refractivity (Wildman–Crippen MR) is 110 cm³/mol. The van der Waals surface area contributed by atoms with E-state index in [4.69, 9.17) is 19.9 Å². The molecule has 10 nitrogen and oxygen atoms in total. The van der Waals surface area contributed by atoms with Gasteiger partial charge in [-0.3, -0.25) is 24.0 Å². The zero-order valence-corrected chi connectivity index (χ0v) is 19.0. The van der Waals surface area contributed by atoms with Crippen LogP contribution in [0.2, 0.25) is 0 Å². The maximum atomic E-state index is 13.7. The summed E-state index contributed by atoms with van der Waals surface area (Å²) in [4.78, 5) is 67.2. The molecule has 3 aliphatic rings. The van der Waals surface area contributed by atoms with E-state index in [1.165, 1.54) is 21.0 Å². The van der Waals surface area contributed by atoms with Crippen LogP contribution in [0.5, 0.6) is 0 Å². The van der Waals surface area contributed by atoms with Crippen molar-refractivity contribution < 1.29 is 38.2 Å². The molecular formula is C22H30N2O8. The van der Waals surface area contributed by atoms with E-state index in [0.29, 0.717) is 12.8 Å². The Bertz CT molecular complexity index is 894. The Balaban J connectivity index is 2.09. The number of rotatable bonds is 3. The second-order valence-electron chi connectivity index (χ2n) is 9.57. The molecule has 32 heavy (non-hydrogen) atoms. The maximum absolute atomic E-state index is 13.7. The molecule has 3 rings (SSSR count). The topological polar surface area (TPSA) is 151 Å². The first-order valence-corrected chi connectivity index (χ1v) is 10.7. The van der Waals surface area contributed by atoms with Gasteiger partial charge in [0.25, 0.3) is 5.91 Å². The van der Waals surface area contributed by atoms with Crippen LogP contribution in [0, 0.1) is 28.6 Å². The molecule has 0 aromatic carbocycles. The fourth-order valence-electron chi connectivity index (χ4n) is 6.20. The number of ketones is 1. The summed E-state index contributed by atoms with van der Waals surface area (Å²) in [7, 11) is 1.27. The molecule has 0 unspecified atom stereocenters. The Kier molecular flexibility index (Phi) is 6.19. The molecule has 0 aromatic heterocycles. The van der Waals surface area contributed by atoms with Gasteiger partial charge in [-0.05, 0) is 30.6 Å². The van der Waals surface area contributed by atoms with Crippen molar-refractivity contribution >= 4 is 35.4 Å². The third kappa shape index (κ3) is 3.80. The third-order valence-electron chi connectivity index (χ3n) is 7.46. The molecule has 0 aromatic rings. The van der Waals surface area contributed by atoms with Crippen molar-refractivity contribution in [3.05, 3.63) is 0 Å². The molecule has 1 amide bonds. The van der Waals surface area contributed by atoms with Gasteiger partial charge in [0, 0.05) is 25.7 Å². The van der Waals surface area contributed by atoms with E-state index in [-0.39, 0.29) is 24.5 Å². The second-order valence-corrected chi connectivity index (χ2v) is 9.57. The number of esters is 3. The van der Waals surface area contributed by atoms with Crippen LogP contribution in [-0.4, -0.2) is 54.8 Å². The number of nitrogens with zero attached hydrogens (tertiary/aromatic N) is 1. The molecule has 1 saturated heterocycles. The van der Waals surface area contributed by atoms with Crippen LogP contribution in [0.15, 0.2) is 4.99 Å². The van der Waals surface area contributed by atoms with Crippen LogP contribution >= 0.6 is 0 Å². The number of Topliss-reactive ketones (excluding diaryl/α,β-unsaturated/α-hetero) is 1. The van der Waals surface area contributed by atoms with Gasteiger partial charge in [-0.1, -0.05) is 13.8 Å². The Hall–Kier alpha value is -2.78. The quantitative estimate of drug-likeness (QED) is 0.286. The molecular weight excluding hydrogens is 420 g/mol. The second kappa shape index (κ2) is 8.29. The standard InChI is InChI=1S/C22H30N2O8/c1-10(23)24-18(27)15-9-22(4)12(20(29)32-15)6-7-21(3)13(19(28)30-5)8-14(31-11(2)25)16(26)17(21)22/h12-15,17H,6-9H2,1-5H3,(H2,23,24,27)/t12-,13-,14-,15-,17-,21-,22-/m0/s1. The Labute approximate surface area is 186 Å². The highest BCUT2D eigenvalue weighted by atomic mass is 16.6. The first-order chi connectivity index (χ1) is 14.8. The lowest BCUT2D eigenvalue weighted by atomic mass is 9.43. The van der Waals surface area contributed by atoms with E-state index in [0.717, 1.165) is 0 Å². The van der Waals surface area contributed by atoms with Gasteiger partial charge in [-0.2, -0.15) is 4.99 Å². The zero-order valence-electron chi connectivity index (χ0n) is 19.0. The van der Waals surface area contributed by atoms with Gasteiger partial charge in [0.1, 0.15) is 0 Å². The van der Waals surface area contributed by atoms with Crippen molar-refractivity contribution in [2.75, 3.05) is 7.11 Å². The van der Waals surface area contributed by atoms with E-state index < -0.39 is 64.6 Å². The largest absolute Gasteiger partial charge is 0.469 e. The minimum absolute atomic E-state index is 0.0162. The number of carbonyl (C=O) groups is 5. The summed E-state index contributed by atoms with van der Waals surface area (Å²) >= 11 is 0. The Morgan fingerprint density at radius 2 is 1.81 bits per heavy atom. The van der Waals surface area contributed by atoms with Gasteiger partial charge in [-0.25, -0.2) is 0 Å². The number of amidine groups is 1. The van der Waals surface area contributed by atoms with Gasteiger partial charge >= 0.3 is 17.9 Å². The maximum Gasteiger partial charge on any atom is 0.310 e. The van der Waals surface area contributed by atoms with Crippen LogP contribution in [0.1, 0.15) is 53.4 Å². The number of carbonyl (C=O) groups excluding carboxylic acids is 5. The smallest absolute Gasteiger partial charge is 0.310 e. The number of cyclic esters (lactones) is 1. The lowest BCUT2D eigenvalue weighted by Crippen LogP contribution is -2.65.